The number of aromatic nitrogens is 5. The van der Waals surface area contributed by atoms with E-state index in [2.05, 4.69) is 20.1 Å². The van der Waals surface area contributed by atoms with Crippen LogP contribution in [-0.4, -0.2) is 73.2 Å². The fourth-order valence-electron chi connectivity index (χ4n) is 4.94. The van der Waals surface area contributed by atoms with E-state index >= 15 is 0 Å². The lowest BCUT2D eigenvalue weighted by Gasteiger charge is -2.42. The highest BCUT2D eigenvalue weighted by Crippen LogP contribution is 2.41. The lowest BCUT2D eigenvalue weighted by molar-refractivity contribution is -0.141. The van der Waals surface area contributed by atoms with Crippen LogP contribution in [0.2, 0.25) is 0 Å². The first kappa shape index (κ1) is 24.8. The summed E-state index contributed by atoms with van der Waals surface area (Å²) in [5.41, 5.74) is -2.08. The lowest BCUT2D eigenvalue weighted by atomic mass is 9.85. The number of anilines is 2. The summed E-state index contributed by atoms with van der Waals surface area (Å²) in [6, 6.07) is 1.18. The number of amides is 3. The quantitative estimate of drug-likeness (QED) is 0.373. The van der Waals surface area contributed by atoms with Crippen molar-refractivity contribution in [1.82, 2.24) is 29.6 Å². The molecule has 10 nitrogen and oxygen atoms in total. The first-order valence-electron chi connectivity index (χ1n) is 11.5. The number of carbonyl (C=O) groups is 2. The van der Waals surface area contributed by atoms with E-state index in [0.717, 1.165) is 15.8 Å². The Hall–Kier alpha value is -3.91. The molecule has 1 spiro atoms. The maximum Gasteiger partial charge on any atom is 0.433 e. The van der Waals surface area contributed by atoms with Gasteiger partial charge in [0.15, 0.2) is 5.65 Å². The zero-order chi connectivity index (χ0) is 26.5. The molecule has 5 rings (SSSR count). The second kappa shape index (κ2) is 8.88. The summed E-state index contributed by atoms with van der Waals surface area (Å²) < 4.78 is 66.4. The molecule has 3 amide bonds. The number of hydrogen-bond acceptors (Lipinski definition) is 7. The molecule has 3 aromatic heterocycles. The van der Waals surface area contributed by atoms with Crippen molar-refractivity contribution in [1.29, 1.82) is 0 Å². The highest BCUT2D eigenvalue weighted by molar-refractivity contribution is 6.23. The normalized spacial score (nSPS) is 18.2. The Morgan fingerprint density at radius 3 is 2.49 bits per heavy atom. The first-order valence-corrected chi connectivity index (χ1v) is 11.5. The summed E-state index contributed by atoms with van der Waals surface area (Å²) in [5.74, 6) is -0.200. The predicted molar refractivity (Wildman–Crippen MR) is 120 cm³/mol. The molecule has 0 unspecified atom stereocenters. The molecule has 0 N–H and O–H groups in total. The Bertz CT molecular complexity index is 1350. The van der Waals surface area contributed by atoms with Crippen LogP contribution >= 0.6 is 0 Å². The van der Waals surface area contributed by atoms with Crippen LogP contribution in [0.5, 0.6) is 0 Å². The van der Waals surface area contributed by atoms with E-state index in [-0.39, 0.29) is 43.8 Å². The van der Waals surface area contributed by atoms with Gasteiger partial charge in [0.2, 0.25) is 0 Å². The highest BCUT2D eigenvalue weighted by Gasteiger charge is 2.58. The average molecular weight is 524 g/mol. The topological polar surface area (TPSA) is 100 Å². The van der Waals surface area contributed by atoms with Gasteiger partial charge in [-0.1, -0.05) is 0 Å². The summed E-state index contributed by atoms with van der Waals surface area (Å²) >= 11 is 0. The Morgan fingerprint density at radius 1 is 1.11 bits per heavy atom. The number of urea groups is 1. The van der Waals surface area contributed by atoms with Gasteiger partial charge in [-0.15, -0.1) is 0 Å². The van der Waals surface area contributed by atoms with Gasteiger partial charge < -0.3 is 9.80 Å². The minimum atomic E-state index is -4.73. The van der Waals surface area contributed by atoms with Gasteiger partial charge >= 0.3 is 12.2 Å². The molecule has 15 heteroatoms. The molecule has 2 aliphatic heterocycles. The molecule has 2 aliphatic rings. The number of hydrogen-bond donors (Lipinski definition) is 0. The molecule has 0 aliphatic carbocycles. The number of pyridine rings is 1. The first-order chi connectivity index (χ1) is 17.5. The minimum absolute atomic E-state index is 0.177. The van der Waals surface area contributed by atoms with Crippen LogP contribution in [0.3, 0.4) is 0 Å². The van der Waals surface area contributed by atoms with Crippen LogP contribution in [0.15, 0.2) is 30.7 Å². The summed E-state index contributed by atoms with van der Waals surface area (Å²) in [4.78, 5) is 42.7. The molecule has 0 saturated carbocycles. The Morgan fingerprint density at radius 2 is 1.84 bits per heavy atom. The van der Waals surface area contributed by atoms with Crippen LogP contribution in [0.25, 0.3) is 11.2 Å². The number of halogens is 5. The molecule has 37 heavy (non-hydrogen) atoms. The third-order valence-electron chi connectivity index (χ3n) is 6.71. The van der Waals surface area contributed by atoms with E-state index in [4.69, 9.17) is 0 Å². The average Bonchev–Trinajstić information content (AvgIpc) is 3.34. The predicted octanol–water partition coefficient (Wildman–Crippen LogP) is 3.33. The van der Waals surface area contributed by atoms with Crippen molar-refractivity contribution in [2.75, 3.05) is 29.4 Å². The second-order valence-corrected chi connectivity index (χ2v) is 8.74. The molecular weight excluding hydrogens is 503 g/mol. The third kappa shape index (κ3) is 4.11. The Balaban J connectivity index is 1.40. The maximum atomic E-state index is 13.6. The molecule has 0 aromatic carbocycles. The summed E-state index contributed by atoms with van der Waals surface area (Å²) in [7, 11) is 0. The van der Waals surface area contributed by atoms with Crippen LogP contribution in [0.4, 0.5) is 38.3 Å². The molecule has 2 fully saturated rings. The van der Waals surface area contributed by atoms with Crippen molar-refractivity contribution < 1.29 is 31.5 Å². The number of likely N-dealkylation sites (N-methyl/N-ethyl adjacent to an activating group) is 1. The zero-order valence-electron chi connectivity index (χ0n) is 19.5. The number of rotatable bonds is 5. The highest BCUT2D eigenvalue weighted by atomic mass is 19.4. The van der Waals surface area contributed by atoms with Gasteiger partial charge in [-0.05, 0) is 31.9 Å². The van der Waals surface area contributed by atoms with Crippen molar-refractivity contribution in [2.24, 2.45) is 0 Å². The number of alkyl halides is 5. The van der Waals surface area contributed by atoms with Gasteiger partial charge in [-0.25, -0.2) is 33.1 Å². The lowest BCUT2D eigenvalue weighted by Crippen LogP contribution is -2.56. The largest absolute Gasteiger partial charge is 0.433 e. The number of fused-ring (bicyclic) bond motifs is 1. The summed E-state index contributed by atoms with van der Waals surface area (Å²) in [6.45, 7) is 1.79. The van der Waals surface area contributed by atoms with Crippen molar-refractivity contribution in [3.8, 4) is 0 Å². The van der Waals surface area contributed by atoms with E-state index in [1.165, 1.54) is 23.4 Å². The summed E-state index contributed by atoms with van der Waals surface area (Å²) in [5, 5.41) is 3.90. The minimum Gasteiger partial charge on any atom is -0.355 e. The zero-order valence-corrected chi connectivity index (χ0v) is 19.5. The second-order valence-electron chi connectivity index (χ2n) is 8.74. The van der Waals surface area contributed by atoms with Gasteiger partial charge in [0.25, 0.3) is 12.3 Å². The van der Waals surface area contributed by atoms with E-state index in [1.54, 1.807) is 6.92 Å². The van der Waals surface area contributed by atoms with Crippen molar-refractivity contribution in [3.05, 3.63) is 36.4 Å². The number of carbonyl (C=O) groups excluding carboxylic acids is 2. The molecule has 2 saturated heterocycles. The van der Waals surface area contributed by atoms with Gasteiger partial charge in [-0.3, -0.25) is 9.78 Å². The van der Waals surface area contributed by atoms with Crippen molar-refractivity contribution in [3.63, 3.8) is 0 Å². The molecular formula is C22H21F5N8O2. The van der Waals surface area contributed by atoms with E-state index in [9.17, 15) is 31.5 Å². The van der Waals surface area contributed by atoms with Crippen LogP contribution in [0.1, 0.15) is 25.5 Å². The van der Waals surface area contributed by atoms with Crippen LogP contribution in [-0.2, 0) is 17.5 Å². The maximum absolute atomic E-state index is 13.6. The summed E-state index contributed by atoms with van der Waals surface area (Å²) in [6.07, 6.45) is -3.23. The van der Waals surface area contributed by atoms with Crippen molar-refractivity contribution in [2.45, 2.75) is 44.5 Å². The standard InChI is InChI=1S/C22H21F5N8O2/c1-2-33-20(37)35(13-3-6-28-15(9-13)22(25,26)27)19(36)21(33)4-7-32(8-5-21)17-11-29-14-10-30-34(12-16(23)24)18(14)31-17/h3,6,9-11,16H,2,4-5,7-8,12H2,1H3. The fraction of sp³-hybridized carbons (Fsp3) is 0.455. The van der Waals surface area contributed by atoms with Gasteiger partial charge in [0, 0.05) is 25.8 Å². The molecule has 0 radical (unpaired) electrons. The fourth-order valence-corrected chi connectivity index (χ4v) is 4.94. The van der Waals surface area contributed by atoms with Crippen molar-refractivity contribution >= 4 is 34.6 Å². The number of imide groups is 1. The van der Waals surface area contributed by atoms with E-state index < -0.39 is 42.3 Å². The van der Waals surface area contributed by atoms with Gasteiger partial charge in [0.1, 0.15) is 29.1 Å². The van der Waals surface area contributed by atoms with E-state index in [1.807, 2.05) is 4.90 Å². The Kier molecular flexibility index (Phi) is 5.95. The van der Waals surface area contributed by atoms with E-state index in [0.29, 0.717) is 17.4 Å². The SMILES string of the molecule is CCN1C(=O)N(c2ccnc(C(F)(F)F)c2)C(=O)C12CCN(c1cnc3cnn(CC(F)F)c3n1)CC2. The smallest absolute Gasteiger partial charge is 0.355 e. The molecule has 0 bridgehead atoms. The number of piperidine rings is 1. The Labute approximate surface area is 206 Å². The van der Waals surface area contributed by atoms with Crippen LogP contribution in [0, 0.1) is 0 Å². The number of nitrogens with zero attached hydrogens (tertiary/aromatic N) is 8. The van der Waals surface area contributed by atoms with Gasteiger partial charge in [0.05, 0.1) is 18.1 Å². The monoisotopic (exact) mass is 524 g/mol. The molecule has 3 aromatic rings. The molecule has 0 atom stereocenters. The van der Waals surface area contributed by atoms with Gasteiger partial charge in [-0.2, -0.15) is 18.3 Å². The third-order valence-corrected chi connectivity index (χ3v) is 6.71. The molecule has 196 valence electrons. The van der Waals surface area contributed by atoms with Crippen LogP contribution < -0.4 is 9.80 Å². The molecule has 5 heterocycles.